The summed E-state index contributed by atoms with van der Waals surface area (Å²) >= 11 is 1.41. The molecule has 4 aromatic rings. The van der Waals surface area contributed by atoms with Crippen LogP contribution < -0.4 is 10.6 Å². The van der Waals surface area contributed by atoms with Crippen molar-refractivity contribution in [3.63, 3.8) is 0 Å². The van der Waals surface area contributed by atoms with E-state index in [1.807, 2.05) is 24.4 Å². The van der Waals surface area contributed by atoms with Gasteiger partial charge in [-0.3, -0.25) is 14.6 Å². The summed E-state index contributed by atoms with van der Waals surface area (Å²) in [5.74, 6) is 1.21. The molecular formula is C26H29N9O2S. The zero-order chi connectivity index (χ0) is 26.2. The third kappa shape index (κ3) is 7.03. The SMILES string of the molecule is O=C(Cc1ccccn1)Nc1ccc(CCCCc2nnc(NC(=O)Cc3cnc4n3CCCC4)s2)nn1. The second-order valence-electron chi connectivity index (χ2n) is 9.16. The van der Waals surface area contributed by atoms with E-state index in [0.29, 0.717) is 16.6 Å². The van der Waals surface area contributed by atoms with Crippen LogP contribution in [0.25, 0.3) is 0 Å². The average Bonchev–Trinajstić information content (AvgIpc) is 3.55. The number of unbranched alkanes of at least 4 members (excludes halogenated alkanes) is 1. The van der Waals surface area contributed by atoms with E-state index in [9.17, 15) is 9.59 Å². The molecule has 2 N–H and O–H groups in total. The van der Waals surface area contributed by atoms with Crippen LogP contribution in [0.2, 0.25) is 0 Å². The lowest BCUT2D eigenvalue weighted by Crippen LogP contribution is -2.19. The molecule has 1 aliphatic rings. The van der Waals surface area contributed by atoms with Crippen LogP contribution in [0, 0.1) is 0 Å². The first-order valence-electron chi connectivity index (χ1n) is 12.8. The van der Waals surface area contributed by atoms with Crippen molar-refractivity contribution < 1.29 is 9.59 Å². The first-order chi connectivity index (χ1) is 18.6. The van der Waals surface area contributed by atoms with Gasteiger partial charge in [0.25, 0.3) is 0 Å². The summed E-state index contributed by atoms with van der Waals surface area (Å²) < 4.78 is 2.16. The molecule has 5 rings (SSSR count). The highest BCUT2D eigenvalue weighted by Crippen LogP contribution is 2.20. The number of carbonyl (C=O) groups excluding carboxylic acids is 2. The van der Waals surface area contributed by atoms with Gasteiger partial charge in [0.15, 0.2) is 5.82 Å². The molecule has 0 aromatic carbocycles. The number of aryl methyl sites for hydroxylation is 3. The minimum atomic E-state index is -0.181. The molecule has 4 aromatic heterocycles. The van der Waals surface area contributed by atoms with Gasteiger partial charge in [-0.1, -0.05) is 17.4 Å². The molecule has 2 amide bonds. The van der Waals surface area contributed by atoms with Crippen molar-refractivity contribution in [2.24, 2.45) is 0 Å². The molecule has 12 heteroatoms. The average molecular weight is 532 g/mol. The van der Waals surface area contributed by atoms with Crippen molar-refractivity contribution in [1.29, 1.82) is 0 Å². The zero-order valence-electron chi connectivity index (χ0n) is 21.0. The highest BCUT2D eigenvalue weighted by atomic mass is 32.1. The second kappa shape index (κ2) is 12.5. The summed E-state index contributed by atoms with van der Waals surface area (Å²) in [5.41, 5.74) is 2.51. The third-order valence-electron chi connectivity index (χ3n) is 6.24. The molecule has 0 unspecified atom stereocenters. The van der Waals surface area contributed by atoms with Crippen molar-refractivity contribution in [3.05, 3.63) is 70.6 Å². The lowest BCUT2D eigenvalue weighted by atomic mass is 10.1. The molecule has 0 aliphatic carbocycles. The Morgan fingerprint density at radius 2 is 1.76 bits per heavy atom. The van der Waals surface area contributed by atoms with Crippen molar-refractivity contribution >= 4 is 34.1 Å². The maximum atomic E-state index is 12.5. The maximum absolute atomic E-state index is 12.5. The molecule has 196 valence electrons. The topological polar surface area (TPSA) is 140 Å². The number of amides is 2. The van der Waals surface area contributed by atoms with Crippen LogP contribution in [0.3, 0.4) is 0 Å². The van der Waals surface area contributed by atoms with Crippen molar-refractivity contribution in [3.8, 4) is 0 Å². The van der Waals surface area contributed by atoms with E-state index in [0.717, 1.165) is 73.7 Å². The molecule has 0 bridgehead atoms. The van der Waals surface area contributed by atoms with E-state index in [4.69, 9.17) is 0 Å². The van der Waals surface area contributed by atoms with E-state index >= 15 is 0 Å². The normalized spacial score (nSPS) is 12.6. The summed E-state index contributed by atoms with van der Waals surface area (Å²) in [5, 5.41) is 23.7. The largest absolute Gasteiger partial charge is 0.332 e. The highest BCUT2D eigenvalue weighted by Gasteiger charge is 2.17. The molecule has 38 heavy (non-hydrogen) atoms. The number of hydrogen-bond acceptors (Lipinski definition) is 9. The molecule has 0 saturated carbocycles. The number of anilines is 2. The van der Waals surface area contributed by atoms with Crippen LogP contribution in [0.5, 0.6) is 0 Å². The van der Waals surface area contributed by atoms with Gasteiger partial charge in [0.2, 0.25) is 16.9 Å². The fourth-order valence-electron chi connectivity index (χ4n) is 4.35. The Kier molecular flexibility index (Phi) is 8.39. The summed E-state index contributed by atoms with van der Waals surface area (Å²) in [6.45, 7) is 0.930. The number of hydrogen-bond donors (Lipinski definition) is 2. The Morgan fingerprint density at radius 1 is 0.868 bits per heavy atom. The Balaban J connectivity index is 1.01. The smallest absolute Gasteiger partial charge is 0.232 e. The van der Waals surface area contributed by atoms with Gasteiger partial charge in [-0.05, 0) is 56.4 Å². The van der Waals surface area contributed by atoms with Crippen LogP contribution >= 0.6 is 11.3 Å². The Labute approximate surface area is 224 Å². The number of aromatic nitrogens is 7. The highest BCUT2D eigenvalue weighted by molar-refractivity contribution is 7.15. The maximum Gasteiger partial charge on any atom is 0.232 e. The number of imidazole rings is 1. The first kappa shape index (κ1) is 25.6. The van der Waals surface area contributed by atoms with Gasteiger partial charge in [-0.25, -0.2) is 4.98 Å². The van der Waals surface area contributed by atoms with Crippen molar-refractivity contribution in [1.82, 2.24) is 34.9 Å². The lowest BCUT2D eigenvalue weighted by molar-refractivity contribution is -0.116. The minimum Gasteiger partial charge on any atom is -0.332 e. The molecule has 1 aliphatic heterocycles. The molecule has 0 saturated heterocycles. The van der Waals surface area contributed by atoms with Crippen molar-refractivity contribution in [2.75, 3.05) is 10.6 Å². The quantitative estimate of drug-likeness (QED) is 0.281. The van der Waals surface area contributed by atoms with Crippen LogP contribution in [-0.4, -0.2) is 46.7 Å². The number of rotatable bonds is 11. The summed E-state index contributed by atoms with van der Waals surface area (Å²) in [6.07, 6.45) is 10.6. The predicted molar refractivity (Wildman–Crippen MR) is 143 cm³/mol. The van der Waals surface area contributed by atoms with Crippen LogP contribution in [0.15, 0.2) is 42.7 Å². The Morgan fingerprint density at radius 3 is 2.61 bits per heavy atom. The zero-order valence-corrected chi connectivity index (χ0v) is 21.8. The molecule has 5 heterocycles. The fourth-order valence-corrected chi connectivity index (χ4v) is 5.15. The van der Waals surface area contributed by atoms with E-state index in [-0.39, 0.29) is 24.7 Å². The van der Waals surface area contributed by atoms with Crippen molar-refractivity contribution in [2.45, 2.75) is 64.3 Å². The van der Waals surface area contributed by atoms with Gasteiger partial charge in [0.1, 0.15) is 10.8 Å². The molecule has 0 atom stereocenters. The number of nitrogens with zero attached hydrogens (tertiary/aromatic N) is 7. The van der Waals surface area contributed by atoms with Gasteiger partial charge in [0, 0.05) is 43.2 Å². The Bertz CT molecular complexity index is 1370. The molecule has 0 radical (unpaired) electrons. The molecule has 11 nitrogen and oxygen atoms in total. The number of carbonyl (C=O) groups is 2. The van der Waals surface area contributed by atoms with Crippen LogP contribution in [0.1, 0.15) is 53.6 Å². The second-order valence-corrected chi connectivity index (χ2v) is 10.2. The van der Waals surface area contributed by atoms with Gasteiger partial charge < -0.3 is 15.2 Å². The summed E-state index contributed by atoms with van der Waals surface area (Å²) in [4.78, 5) is 33.2. The third-order valence-corrected chi connectivity index (χ3v) is 7.13. The van der Waals surface area contributed by atoms with Gasteiger partial charge in [-0.2, -0.15) is 5.10 Å². The fraction of sp³-hybridized carbons (Fsp3) is 0.385. The molecule has 0 fully saturated rings. The molecular weight excluding hydrogens is 502 g/mol. The van der Waals surface area contributed by atoms with E-state index in [1.54, 1.807) is 18.3 Å². The number of fused-ring (bicyclic) bond motifs is 1. The van der Waals surface area contributed by atoms with E-state index in [2.05, 4.69) is 45.6 Å². The van der Waals surface area contributed by atoms with Crippen LogP contribution in [0.4, 0.5) is 10.9 Å². The van der Waals surface area contributed by atoms with Gasteiger partial charge in [-0.15, -0.1) is 15.3 Å². The summed E-state index contributed by atoms with van der Waals surface area (Å²) in [6, 6.07) is 9.10. The standard InChI is InChI=1S/C26H29N9O2S/c36-23(15-19-8-3-5-13-27-19)29-21-12-11-18(31-32-21)7-1-2-10-25-33-34-26(38-25)30-24(37)16-20-17-28-22-9-4-6-14-35(20)22/h3,5,8,11-13,17H,1-2,4,6-7,9-10,14-16H2,(H,29,32,36)(H,30,34,37). The summed E-state index contributed by atoms with van der Waals surface area (Å²) in [7, 11) is 0. The Hall–Kier alpha value is -4.06. The van der Waals surface area contributed by atoms with Gasteiger partial charge >= 0.3 is 0 Å². The van der Waals surface area contributed by atoms with Gasteiger partial charge in [0.05, 0.1) is 18.5 Å². The lowest BCUT2D eigenvalue weighted by Gasteiger charge is -2.15. The van der Waals surface area contributed by atoms with E-state index < -0.39 is 0 Å². The monoisotopic (exact) mass is 531 g/mol. The number of pyridine rings is 1. The number of nitrogens with one attached hydrogen (secondary N) is 2. The first-order valence-corrected chi connectivity index (χ1v) is 13.6. The van der Waals surface area contributed by atoms with E-state index in [1.165, 1.54) is 11.3 Å². The molecule has 0 spiro atoms. The predicted octanol–water partition coefficient (Wildman–Crippen LogP) is 3.18. The minimum absolute atomic E-state index is 0.101. The van der Waals surface area contributed by atoms with Crippen LogP contribution in [-0.2, 0) is 48.2 Å².